The summed E-state index contributed by atoms with van der Waals surface area (Å²) in [5.74, 6) is 7.58. The number of Topliss-reactive ketones (excluding diaryl/α,β-unsaturated/α-hetero) is 1. The minimum atomic E-state index is -0.221. The minimum Gasteiger partial charge on any atom is -0.493 e. The van der Waals surface area contributed by atoms with Crippen LogP contribution in [0.4, 0.5) is 0 Å². The largest absolute Gasteiger partial charge is 0.493 e. The lowest BCUT2D eigenvalue weighted by molar-refractivity contribution is -0.120. The fourth-order valence-electron chi connectivity index (χ4n) is 16.4. The predicted octanol–water partition coefficient (Wildman–Crippen LogP) is 14.0. The molecule has 0 radical (unpaired) electrons. The van der Waals surface area contributed by atoms with Crippen molar-refractivity contribution >= 4 is 88.5 Å². The molecule has 12 aromatic rings. The normalized spacial score (nSPS) is 17.4. The molecule has 3 aliphatic carbocycles. The first kappa shape index (κ1) is 77.0. The molecule has 18 rings (SSSR count). The van der Waals surface area contributed by atoms with Gasteiger partial charge in [-0.3, -0.25) is 48.8 Å². The summed E-state index contributed by atoms with van der Waals surface area (Å²) >= 11 is 0. The molecule has 4 N–H and O–H groups in total. The van der Waals surface area contributed by atoms with E-state index in [2.05, 4.69) is 45.6 Å². The monoisotopic (exact) mass is 1550 g/mol. The van der Waals surface area contributed by atoms with Crippen LogP contribution in [0.5, 0.6) is 69.0 Å². The Labute approximate surface area is 665 Å². The molecule has 3 aromatic heterocycles. The molecule has 9 aromatic carbocycles. The zero-order chi connectivity index (χ0) is 79.5. The highest BCUT2D eigenvalue weighted by atomic mass is 16.5. The van der Waals surface area contributed by atoms with E-state index in [0.29, 0.717) is 148 Å². The van der Waals surface area contributed by atoms with Gasteiger partial charge in [0.15, 0.2) is 40.3 Å². The number of likely N-dealkylation sites (tertiary alicyclic amines) is 3. The van der Waals surface area contributed by atoms with Gasteiger partial charge in [0.05, 0.1) is 56.6 Å². The molecule has 3 saturated carbocycles. The van der Waals surface area contributed by atoms with E-state index in [1.807, 2.05) is 165 Å². The molecule has 3 saturated heterocycles. The maximum atomic E-state index is 12.2. The van der Waals surface area contributed by atoms with Crippen LogP contribution in [-0.4, -0.2) is 199 Å². The number of β-amino-alcohol motifs (C(OH)–C–C–N with tert-alkyl or cyclic N) is 1. The number of hydrogen-bond donors (Lipinski definition) is 4. The minimum absolute atomic E-state index is 0.0571. The van der Waals surface area contributed by atoms with Crippen LogP contribution in [-0.2, 0) is 9.53 Å². The van der Waals surface area contributed by atoms with Crippen LogP contribution in [0.15, 0.2) is 182 Å². The zero-order valence-corrected chi connectivity index (χ0v) is 65.5. The fraction of sp³-hybridized carbons (Fsp3) is 0.330. The highest BCUT2D eigenvalue weighted by molar-refractivity contribution is 6.09. The lowest BCUT2D eigenvalue weighted by atomic mass is 10.0. The summed E-state index contributed by atoms with van der Waals surface area (Å²) in [5.41, 5.74) is 4.52. The van der Waals surface area contributed by atoms with Gasteiger partial charge in [0, 0.05) is 166 Å². The Morgan fingerprint density at radius 1 is 0.417 bits per heavy atom. The quantitative estimate of drug-likeness (QED) is 0.0414. The number of benzene rings is 9. The standard InChI is InChI=1S/C31H33N3O5.C30H31N3O5.C30H29N3O5/c1-32-30(35)23-6-4-5-20-15-21(7-8-22(20)23)39-26-9-12-33-25-17-28(27(36-2)16-24(25)26)38-14-13-34-18-29(37-3)31(19-34)10-11-31;2*1-31-29(35)22-5-3-4-19-14-20(6-7-21(19)22)38-25-8-11-32-24-16-27(26(36-2)15-23(24)25)37-13-12-33-17-28(34)30(18-33)9-10-30/h4-9,12,15-17,29H,10-11,13-14,18-19H2,1-3H3,(H,32,35);3-8,11,14-16,28,34H,9-10,12-13,17-18H2,1-2H3,(H,31,35);3-8,11,14-16H,9-10,12-13,17-18H2,1-2H3,(H,31,35). The van der Waals surface area contributed by atoms with Gasteiger partial charge < -0.3 is 68.4 Å². The van der Waals surface area contributed by atoms with E-state index in [0.717, 1.165) is 124 Å². The number of pyridine rings is 3. The van der Waals surface area contributed by atoms with E-state index in [1.165, 1.54) is 12.8 Å². The van der Waals surface area contributed by atoms with Crippen molar-refractivity contribution in [2.75, 3.05) is 128 Å². The molecule has 0 bridgehead atoms. The summed E-state index contributed by atoms with van der Waals surface area (Å²) in [4.78, 5) is 69.4. The molecule has 3 amide bonds. The molecule has 2 unspecified atom stereocenters. The van der Waals surface area contributed by atoms with E-state index < -0.39 is 0 Å². The number of nitrogens with zero attached hydrogens (tertiary/aromatic N) is 6. The summed E-state index contributed by atoms with van der Waals surface area (Å²) in [6.07, 6.45) is 12.0. The van der Waals surface area contributed by atoms with Crippen molar-refractivity contribution in [2.24, 2.45) is 16.2 Å². The van der Waals surface area contributed by atoms with Crippen molar-refractivity contribution in [3.05, 3.63) is 199 Å². The van der Waals surface area contributed by atoms with E-state index in [-0.39, 0.29) is 34.7 Å². The molecule has 3 aliphatic heterocycles. The Morgan fingerprint density at radius 2 is 0.791 bits per heavy atom. The summed E-state index contributed by atoms with van der Waals surface area (Å²) in [5, 5.41) is 26.1. The summed E-state index contributed by atoms with van der Waals surface area (Å²) in [6, 6.07) is 50.7. The van der Waals surface area contributed by atoms with Gasteiger partial charge in [0.2, 0.25) is 0 Å². The lowest BCUT2D eigenvalue weighted by Gasteiger charge is -2.17. The molecule has 6 fully saturated rings. The third-order valence-corrected chi connectivity index (χ3v) is 23.3. The number of carbonyl (C=O) groups is 4. The number of nitrogens with one attached hydrogen (secondary N) is 3. The first-order chi connectivity index (χ1) is 56.0. The number of aliphatic hydroxyl groups is 1. The van der Waals surface area contributed by atoms with Gasteiger partial charge in [-0.05, 0) is 180 Å². The molecule has 3 spiro atoms. The van der Waals surface area contributed by atoms with Crippen molar-refractivity contribution < 1.29 is 71.7 Å². The van der Waals surface area contributed by atoms with Crippen LogP contribution < -0.4 is 58.6 Å². The number of methoxy groups -OCH3 is 4. The summed E-state index contributed by atoms with van der Waals surface area (Å²) in [7, 11) is 11.6. The van der Waals surface area contributed by atoms with Crippen molar-refractivity contribution in [3.8, 4) is 69.0 Å². The second kappa shape index (κ2) is 32.9. The maximum Gasteiger partial charge on any atom is 0.251 e. The van der Waals surface area contributed by atoms with Crippen LogP contribution in [0, 0.1) is 16.2 Å². The molecule has 24 heteroatoms. The average Bonchev–Trinajstić information content (AvgIpc) is 1.61. The van der Waals surface area contributed by atoms with Crippen LogP contribution >= 0.6 is 0 Å². The van der Waals surface area contributed by atoms with Gasteiger partial charge in [-0.15, -0.1) is 0 Å². The Bertz CT molecular complexity index is 5710. The number of hydrogen-bond acceptors (Lipinski definition) is 21. The number of aromatic nitrogens is 3. The third kappa shape index (κ3) is 16.2. The Balaban J connectivity index is 0.000000130. The lowest BCUT2D eigenvalue weighted by Crippen LogP contribution is -2.27. The first-order valence-electron chi connectivity index (χ1n) is 39.0. The van der Waals surface area contributed by atoms with Gasteiger partial charge in [-0.25, -0.2) is 0 Å². The highest BCUT2D eigenvalue weighted by Crippen LogP contribution is 2.55. The molecular formula is C91H93N9O15. The SMILES string of the molecule is CNC(=O)c1cccc2cc(Oc3ccnc4cc(OCCN5CC(=O)C6(CC6)C5)c(OC)cc34)ccc12.CNC(=O)c1cccc2cc(Oc3ccnc4cc(OCCN5CC(O)C6(CC6)C5)c(OC)cc34)ccc12.CNC(=O)c1cccc2cc(Oc3ccnc4cc(OCCN5CC(OC)C6(CC6)C5)c(OC)cc34)ccc12. The van der Waals surface area contributed by atoms with Crippen LogP contribution in [0.25, 0.3) is 65.0 Å². The first-order valence-corrected chi connectivity index (χ1v) is 39.0. The van der Waals surface area contributed by atoms with Crippen molar-refractivity contribution in [1.29, 1.82) is 0 Å². The molecule has 2 atom stereocenters. The van der Waals surface area contributed by atoms with Gasteiger partial charge in [0.1, 0.15) is 54.3 Å². The molecular weight excluding hydrogens is 1460 g/mol. The van der Waals surface area contributed by atoms with Crippen LogP contribution in [0.2, 0.25) is 0 Å². The van der Waals surface area contributed by atoms with E-state index >= 15 is 0 Å². The average molecular weight is 1550 g/mol. The number of rotatable bonds is 25. The number of carbonyl (C=O) groups excluding carboxylic acids is 4. The van der Waals surface area contributed by atoms with Gasteiger partial charge in [-0.2, -0.15) is 0 Å². The van der Waals surface area contributed by atoms with Gasteiger partial charge in [-0.1, -0.05) is 36.4 Å². The van der Waals surface area contributed by atoms with E-state index in [1.54, 1.807) is 67.1 Å². The van der Waals surface area contributed by atoms with Gasteiger partial charge >= 0.3 is 0 Å². The second-order valence-corrected chi connectivity index (χ2v) is 30.5. The second-order valence-electron chi connectivity index (χ2n) is 30.5. The molecule has 6 aliphatic rings. The third-order valence-electron chi connectivity index (χ3n) is 23.3. The summed E-state index contributed by atoms with van der Waals surface area (Å²) in [6.45, 7) is 8.83. The maximum absolute atomic E-state index is 12.2. The summed E-state index contributed by atoms with van der Waals surface area (Å²) < 4.78 is 59.9. The number of aliphatic hydroxyl groups excluding tert-OH is 1. The van der Waals surface area contributed by atoms with Crippen LogP contribution in [0.1, 0.15) is 69.6 Å². The number of ketones is 1. The van der Waals surface area contributed by atoms with Gasteiger partial charge in [0.25, 0.3) is 17.7 Å². The highest BCUT2D eigenvalue weighted by Gasteiger charge is 2.56. The smallest absolute Gasteiger partial charge is 0.251 e. The molecule has 24 nitrogen and oxygen atoms in total. The number of amides is 3. The predicted molar refractivity (Wildman–Crippen MR) is 440 cm³/mol. The van der Waals surface area contributed by atoms with E-state index in [4.69, 9.17) is 47.4 Å². The topological polar surface area (TPSA) is 265 Å². The van der Waals surface area contributed by atoms with E-state index in [9.17, 15) is 24.3 Å². The molecule has 115 heavy (non-hydrogen) atoms. The van der Waals surface area contributed by atoms with Crippen molar-refractivity contribution in [1.82, 2.24) is 45.6 Å². The van der Waals surface area contributed by atoms with Crippen LogP contribution in [0.3, 0.4) is 0 Å². The van der Waals surface area contributed by atoms with Crippen molar-refractivity contribution in [3.63, 3.8) is 0 Å². The fourth-order valence-corrected chi connectivity index (χ4v) is 16.4. The van der Waals surface area contributed by atoms with Crippen molar-refractivity contribution in [2.45, 2.75) is 50.7 Å². The Kier molecular flexibility index (Phi) is 22.0. The Hall–Kier alpha value is -11.9. The molecule has 6 heterocycles. The number of fused-ring (bicyclic) bond motifs is 6. The zero-order valence-electron chi connectivity index (χ0n) is 65.5. The number of ether oxygens (including phenoxy) is 10. The Morgan fingerprint density at radius 3 is 1.12 bits per heavy atom. The molecule has 592 valence electrons.